The minimum absolute atomic E-state index is 0.0843. The van der Waals surface area contributed by atoms with Crippen molar-refractivity contribution in [3.63, 3.8) is 0 Å². The fourth-order valence-corrected chi connectivity index (χ4v) is 5.33. The molecule has 0 aromatic rings. The third-order valence-corrected chi connectivity index (χ3v) is 7.46. The number of esters is 3. The van der Waals surface area contributed by atoms with Gasteiger partial charge in [0.2, 0.25) is 0 Å². The Morgan fingerprint density at radius 1 is 0.812 bits per heavy atom. The summed E-state index contributed by atoms with van der Waals surface area (Å²) in [5.74, 6) is -0.863. The van der Waals surface area contributed by atoms with Crippen LogP contribution in [0.2, 0.25) is 0 Å². The minimum Gasteiger partial charge on any atom is -0.465 e. The maximum Gasteiger partial charge on any atom is 0.302 e. The number of hydrogen-bond acceptors (Lipinski definition) is 9. The van der Waals surface area contributed by atoms with Gasteiger partial charge in [0.1, 0.15) is 12.7 Å². The molecule has 0 aromatic heterocycles. The third kappa shape index (κ3) is 6.84. The van der Waals surface area contributed by atoms with E-state index >= 15 is 0 Å². The number of hydrogen-bond donors (Lipinski definition) is 1. The Morgan fingerprint density at radius 3 is 1.97 bits per heavy atom. The SMILES string of the molecule is CC(=O)OCC1C[C@@H](S)C(OC(C)=O)[C@@H](C)[C@@H]1O[C@@H]1OC(COC(C)=O)[C@H](C)[C@H](C)C1C. The lowest BCUT2D eigenvalue weighted by Crippen LogP contribution is -2.55. The summed E-state index contributed by atoms with van der Waals surface area (Å²) in [6.45, 7) is 12.7. The van der Waals surface area contributed by atoms with Crippen LogP contribution in [0.25, 0.3) is 0 Å². The van der Waals surface area contributed by atoms with E-state index in [-0.39, 0.29) is 78.2 Å². The van der Waals surface area contributed by atoms with E-state index < -0.39 is 12.4 Å². The van der Waals surface area contributed by atoms with Crippen molar-refractivity contribution in [3.05, 3.63) is 0 Å². The lowest BCUT2D eigenvalue weighted by atomic mass is 9.76. The second-order valence-electron chi connectivity index (χ2n) is 9.32. The zero-order chi connectivity index (χ0) is 24.2. The molecular weight excluding hydrogens is 436 g/mol. The third-order valence-electron chi connectivity index (χ3n) is 6.95. The number of carbonyl (C=O) groups excluding carboxylic acids is 3. The molecule has 2 fully saturated rings. The Balaban J connectivity index is 2.22. The highest BCUT2D eigenvalue weighted by molar-refractivity contribution is 7.81. The maximum absolute atomic E-state index is 11.7. The van der Waals surface area contributed by atoms with Gasteiger partial charge in [-0.2, -0.15) is 12.6 Å². The summed E-state index contributed by atoms with van der Waals surface area (Å²) in [4.78, 5) is 34.4. The van der Waals surface area contributed by atoms with Gasteiger partial charge in [-0.1, -0.05) is 27.7 Å². The molecule has 8 nitrogen and oxygen atoms in total. The Labute approximate surface area is 196 Å². The smallest absolute Gasteiger partial charge is 0.302 e. The van der Waals surface area contributed by atoms with Crippen molar-refractivity contribution in [2.24, 2.45) is 29.6 Å². The van der Waals surface area contributed by atoms with E-state index in [2.05, 4.69) is 33.4 Å². The summed E-state index contributed by atoms with van der Waals surface area (Å²) in [5.41, 5.74) is 0. The summed E-state index contributed by atoms with van der Waals surface area (Å²) in [7, 11) is 0. The molecule has 0 aromatic carbocycles. The van der Waals surface area contributed by atoms with E-state index in [9.17, 15) is 14.4 Å². The Hall–Kier alpha value is -1.32. The molecule has 2 rings (SSSR count). The summed E-state index contributed by atoms with van der Waals surface area (Å²) in [6, 6.07) is 0. The van der Waals surface area contributed by atoms with E-state index in [4.69, 9.17) is 23.7 Å². The van der Waals surface area contributed by atoms with Crippen molar-refractivity contribution < 1.29 is 38.1 Å². The molecule has 1 aliphatic heterocycles. The molecule has 0 N–H and O–H groups in total. The molecule has 1 saturated heterocycles. The molecule has 0 bridgehead atoms. The molecule has 10 atom stereocenters. The highest BCUT2D eigenvalue weighted by Crippen LogP contribution is 2.41. The van der Waals surface area contributed by atoms with Crippen molar-refractivity contribution >= 4 is 30.5 Å². The summed E-state index contributed by atoms with van der Waals surface area (Å²) >= 11 is 4.65. The average molecular weight is 475 g/mol. The highest BCUT2D eigenvalue weighted by atomic mass is 32.1. The average Bonchev–Trinajstić information content (AvgIpc) is 2.70. The number of ether oxygens (including phenoxy) is 5. The molecule has 4 unspecified atom stereocenters. The standard InChI is InChI=1S/C23H38O8S/c1-11-12(2)19(10-28-16(6)25)30-23(13(11)3)31-21-14(4)22(29-17(7)26)20(32)8-18(21)9-27-15(5)24/h11-14,18-23,32H,8-10H2,1-7H3/t11-,12+,13?,14-,18?,19?,20+,21-,22?,23-/m0/s1. The number of rotatable bonds is 7. The molecule has 184 valence electrons. The van der Waals surface area contributed by atoms with Gasteiger partial charge < -0.3 is 23.7 Å². The fourth-order valence-electron chi connectivity index (χ4n) is 4.73. The number of carbonyl (C=O) groups is 3. The molecule has 32 heavy (non-hydrogen) atoms. The number of thiol groups is 1. The van der Waals surface area contributed by atoms with Crippen molar-refractivity contribution in [2.75, 3.05) is 13.2 Å². The first-order valence-electron chi connectivity index (χ1n) is 11.3. The van der Waals surface area contributed by atoms with Gasteiger partial charge >= 0.3 is 17.9 Å². The van der Waals surface area contributed by atoms with Gasteiger partial charge in [0.15, 0.2) is 6.29 Å². The zero-order valence-electron chi connectivity index (χ0n) is 20.1. The first-order valence-corrected chi connectivity index (χ1v) is 11.9. The van der Waals surface area contributed by atoms with Gasteiger partial charge in [0.05, 0.1) is 18.8 Å². The van der Waals surface area contributed by atoms with Crippen LogP contribution >= 0.6 is 12.6 Å². The topological polar surface area (TPSA) is 97.4 Å². The molecule has 0 amide bonds. The van der Waals surface area contributed by atoms with E-state index in [1.165, 1.54) is 20.8 Å². The van der Waals surface area contributed by atoms with E-state index in [1.807, 2.05) is 6.92 Å². The monoisotopic (exact) mass is 474 g/mol. The van der Waals surface area contributed by atoms with Crippen molar-refractivity contribution in [1.82, 2.24) is 0 Å². The summed E-state index contributed by atoms with van der Waals surface area (Å²) < 4.78 is 28.9. The quantitative estimate of drug-likeness (QED) is 0.342. The Kier molecular flexibility index (Phi) is 9.85. The minimum atomic E-state index is -0.538. The predicted octanol–water partition coefficient (Wildman–Crippen LogP) is 3.02. The molecule has 0 radical (unpaired) electrons. The van der Waals surface area contributed by atoms with Crippen LogP contribution < -0.4 is 0 Å². The normalized spacial score (nSPS) is 39.8. The van der Waals surface area contributed by atoms with E-state index in [0.29, 0.717) is 6.42 Å². The first-order chi connectivity index (χ1) is 14.9. The van der Waals surface area contributed by atoms with Gasteiger partial charge in [-0.3, -0.25) is 14.4 Å². The lowest BCUT2D eigenvalue weighted by molar-refractivity contribution is -0.289. The molecule has 1 heterocycles. The van der Waals surface area contributed by atoms with Crippen LogP contribution in [0.4, 0.5) is 0 Å². The maximum atomic E-state index is 11.7. The van der Waals surface area contributed by atoms with Gasteiger partial charge in [-0.25, -0.2) is 0 Å². The molecule has 1 saturated carbocycles. The van der Waals surface area contributed by atoms with Gasteiger partial charge in [-0.05, 0) is 18.3 Å². The zero-order valence-corrected chi connectivity index (χ0v) is 21.0. The Bertz CT molecular complexity index is 668. The molecule has 0 spiro atoms. The van der Waals surface area contributed by atoms with Crippen molar-refractivity contribution in [2.45, 2.75) is 84.7 Å². The summed E-state index contributed by atoms with van der Waals surface area (Å²) in [6.07, 6.45) is -1.06. The van der Waals surface area contributed by atoms with Crippen LogP contribution in [0, 0.1) is 29.6 Å². The lowest BCUT2D eigenvalue weighted by Gasteiger charge is -2.48. The van der Waals surface area contributed by atoms with Crippen LogP contribution in [0.1, 0.15) is 54.9 Å². The summed E-state index contributed by atoms with van der Waals surface area (Å²) in [5, 5.41) is -0.199. The Morgan fingerprint density at radius 2 is 1.41 bits per heavy atom. The molecule has 9 heteroatoms. The molecular formula is C23H38O8S. The van der Waals surface area contributed by atoms with Gasteiger partial charge in [0.25, 0.3) is 0 Å². The largest absolute Gasteiger partial charge is 0.465 e. The first kappa shape index (κ1) is 26.9. The van der Waals surface area contributed by atoms with Crippen LogP contribution in [0.3, 0.4) is 0 Å². The molecule has 2 aliphatic rings. The van der Waals surface area contributed by atoms with Gasteiger partial charge in [-0.15, -0.1) is 0 Å². The molecule has 1 aliphatic carbocycles. The van der Waals surface area contributed by atoms with E-state index in [1.54, 1.807) is 0 Å². The second-order valence-corrected chi connectivity index (χ2v) is 9.99. The highest BCUT2D eigenvalue weighted by Gasteiger charge is 2.48. The van der Waals surface area contributed by atoms with Crippen LogP contribution in [-0.2, 0) is 38.1 Å². The predicted molar refractivity (Wildman–Crippen MR) is 120 cm³/mol. The van der Waals surface area contributed by atoms with Crippen molar-refractivity contribution in [1.29, 1.82) is 0 Å². The van der Waals surface area contributed by atoms with Crippen LogP contribution in [0.15, 0.2) is 0 Å². The second kappa shape index (κ2) is 11.7. The van der Waals surface area contributed by atoms with Crippen LogP contribution in [-0.4, -0.2) is 61.0 Å². The van der Waals surface area contributed by atoms with Crippen molar-refractivity contribution in [3.8, 4) is 0 Å². The van der Waals surface area contributed by atoms with Gasteiger partial charge in [0, 0.05) is 43.8 Å². The van der Waals surface area contributed by atoms with Crippen LogP contribution in [0.5, 0.6) is 0 Å². The fraction of sp³-hybridized carbons (Fsp3) is 0.870. The van der Waals surface area contributed by atoms with E-state index in [0.717, 1.165) is 0 Å².